The smallest absolute Gasteiger partial charge is 0.226 e. The van der Waals surface area contributed by atoms with Crippen molar-refractivity contribution in [1.29, 1.82) is 0 Å². The van der Waals surface area contributed by atoms with E-state index in [1.807, 2.05) is 6.92 Å². The summed E-state index contributed by atoms with van der Waals surface area (Å²) in [5, 5.41) is 0. The Bertz CT molecular complexity index is 152. The minimum atomic E-state index is -0.554. The third-order valence-corrected chi connectivity index (χ3v) is 2.84. The number of hydrogen-bond acceptors (Lipinski definition) is 4. The summed E-state index contributed by atoms with van der Waals surface area (Å²) in [6.45, 7) is 6.09. The summed E-state index contributed by atoms with van der Waals surface area (Å²) in [7, 11) is 5.50. The molecular weight excluding hydrogens is 168 g/mol. The van der Waals surface area contributed by atoms with Crippen LogP contribution in [-0.2, 0) is 9.47 Å². The van der Waals surface area contributed by atoms with Gasteiger partial charge in [0.05, 0.1) is 0 Å². The van der Waals surface area contributed by atoms with Crippen LogP contribution in [-0.4, -0.2) is 63.2 Å². The highest BCUT2D eigenvalue weighted by Crippen LogP contribution is 2.18. The molecule has 4 heteroatoms. The average molecular weight is 188 g/mol. The second-order valence-electron chi connectivity index (χ2n) is 3.60. The van der Waals surface area contributed by atoms with E-state index in [0.717, 1.165) is 26.2 Å². The van der Waals surface area contributed by atoms with E-state index in [0.29, 0.717) is 0 Å². The summed E-state index contributed by atoms with van der Waals surface area (Å²) in [6, 6.07) is 0. The van der Waals surface area contributed by atoms with Gasteiger partial charge in [0.15, 0.2) is 0 Å². The molecule has 1 saturated heterocycles. The first-order valence-electron chi connectivity index (χ1n) is 4.66. The zero-order valence-electron chi connectivity index (χ0n) is 9.04. The van der Waals surface area contributed by atoms with Gasteiger partial charge in [-0.25, -0.2) is 0 Å². The Morgan fingerprint density at radius 3 is 1.85 bits per heavy atom. The molecule has 0 saturated carbocycles. The SMILES string of the molecule is COC(C)(OC)N1CCN(C)CC1. The summed E-state index contributed by atoms with van der Waals surface area (Å²) in [4.78, 5) is 4.52. The lowest BCUT2D eigenvalue weighted by molar-refractivity contribution is -0.288. The molecule has 1 heterocycles. The molecule has 13 heavy (non-hydrogen) atoms. The Morgan fingerprint density at radius 2 is 1.46 bits per heavy atom. The highest BCUT2D eigenvalue weighted by Gasteiger charge is 2.33. The van der Waals surface area contributed by atoms with Gasteiger partial charge in [-0.05, 0) is 7.05 Å². The number of nitrogens with zero attached hydrogens (tertiary/aromatic N) is 2. The molecule has 1 fully saturated rings. The predicted octanol–water partition coefficient (Wildman–Crippen LogP) is 0.200. The van der Waals surface area contributed by atoms with Crippen LogP contribution < -0.4 is 0 Å². The van der Waals surface area contributed by atoms with Crippen LogP contribution in [0.4, 0.5) is 0 Å². The van der Waals surface area contributed by atoms with Crippen molar-refractivity contribution in [1.82, 2.24) is 9.80 Å². The Kier molecular flexibility index (Phi) is 3.67. The van der Waals surface area contributed by atoms with Gasteiger partial charge in [0.25, 0.3) is 0 Å². The third-order valence-electron chi connectivity index (χ3n) is 2.84. The van der Waals surface area contributed by atoms with Crippen LogP contribution in [0.2, 0.25) is 0 Å². The third kappa shape index (κ3) is 2.40. The standard InChI is InChI=1S/C9H20N2O2/c1-9(12-3,13-4)11-7-5-10(2)6-8-11/h5-8H2,1-4H3. The minimum Gasteiger partial charge on any atom is -0.341 e. The normalized spacial score (nSPS) is 22.2. The molecule has 0 bridgehead atoms. The molecular formula is C9H20N2O2. The Hall–Kier alpha value is -0.160. The van der Waals surface area contributed by atoms with Crippen LogP contribution in [0.1, 0.15) is 6.92 Å². The molecule has 0 unspecified atom stereocenters. The summed E-state index contributed by atoms with van der Waals surface area (Å²) in [6.07, 6.45) is 0. The lowest BCUT2D eigenvalue weighted by Crippen LogP contribution is -2.56. The van der Waals surface area contributed by atoms with Crippen LogP contribution in [0.15, 0.2) is 0 Å². The van der Waals surface area contributed by atoms with E-state index in [1.54, 1.807) is 14.2 Å². The van der Waals surface area contributed by atoms with Gasteiger partial charge >= 0.3 is 0 Å². The van der Waals surface area contributed by atoms with E-state index in [1.165, 1.54) is 0 Å². The highest BCUT2D eigenvalue weighted by atomic mass is 16.7. The minimum absolute atomic E-state index is 0.554. The van der Waals surface area contributed by atoms with Crippen LogP contribution >= 0.6 is 0 Å². The Morgan fingerprint density at radius 1 is 1.00 bits per heavy atom. The van der Waals surface area contributed by atoms with Gasteiger partial charge < -0.3 is 14.4 Å². The van der Waals surface area contributed by atoms with Gasteiger partial charge in [-0.2, -0.15) is 0 Å². The molecule has 1 aliphatic rings. The highest BCUT2D eigenvalue weighted by molar-refractivity contribution is 4.74. The Balaban J connectivity index is 2.51. The van der Waals surface area contributed by atoms with Crippen LogP contribution in [0.3, 0.4) is 0 Å². The fourth-order valence-corrected chi connectivity index (χ4v) is 1.55. The second kappa shape index (κ2) is 4.37. The predicted molar refractivity (Wildman–Crippen MR) is 51.5 cm³/mol. The molecule has 1 rings (SSSR count). The molecule has 0 N–H and O–H groups in total. The molecule has 0 atom stereocenters. The van der Waals surface area contributed by atoms with Gasteiger partial charge in [0, 0.05) is 47.3 Å². The first-order chi connectivity index (χ1) is 6.12. The van der Waals surface area contributed by atoms with Gasteiger partial charge in [0.2, 0.25) is 5.91 Å². The van der Waals surface area contributed by atoms with Crippen molar-refractivity contribution in [3.05, 3.63) is 0 Å². The molecule has 0 amide bonds. The first kappa shape index (κ1) is 10.9. The van der Waals surface area contributed by atoms with Crippen molar-refractivity contribution in [2.75, 3.05) is 47.4 Å². The summed E-state index contributed by atoms with van der Waals surface area (Å²) in [5.74, 6) is -0.554. The number of piperazine rings is 1. The zero-order valence-corrected chi connectivity index (χ0v) is 9.04. The lowest BCUT2D eigenvalue weighted by atomic mass is 10.3. The largest absolute Gasteiger partial charge is 0.341 e. The topological polar surface area (TPSA) is 24.9 Å². The number of hydrogen-bond donors (Lipinski definition) is 0. The monoisotopic (exact) mass is 188 g/mol. The van der Waals surface area contributed by atoms with E-state index >= 15 is 0 Å². The second-order valence-corrected chi connectivity index (χ2v) is 3.60. The van der Waals surface area contributed by atoms with Crippen LogP contribution in [0, 0.1) is 0 Å². The first-order valence-corrected chi connectivity index (χ1v) is 4.66. The number of likely N-dealkylation sites (N-methyl/N-ethyl adjacent to an activating group) is 1. The maximum absolute atomic E-state index is 5.35. The molecule has 4 nitrogen and oxygen atoms in total. The molecule has 78 valence electrons. The number of rotatable bonds is 3. The maximum atomic E-state index is 5.35. The van der Waals surface area contributed by atoms with Crippen molar-refractivity contribution >= 4 is 0 Å². The number of ether oxygens (including phenoxy) is 2. The van der Waals surface area contributed by atoms with Gasteiger partial charge in [-0.3, -0.25) is 4.90 Å². The molecule has 0 aromatic rings. The molecule has 0 aliphatic carbocycles. The zero-order chi connectivity index (χ0) is 9.90. The van der Waals surface area contributed by atoms with Crippen molar-refractivity contribution < 1.29 is 9.47 Å². The van der Waals surface area contributed by atoms with Gasteiger partial charge in [0.1, 0.15) is 0 Å². The van der Waals surface area contributed by atoms with E-state index in [4.69, 9.17) is 9.47 Å². The van der Waals surface area contributed by atoms with Crippen molar-refractivity contribution in [3.63, 3.8) is 0 Å². The fraction of sp³-hybridized carbons (Fsp3) is 1.00. The lowest BCUT2D eigenvalue weighted by Gasteiger charge is -2.42. The molecule has 0 radical (unpaired) electrons. The van der Waals surface area contributed by atoms with E-state index in [-0.39, 0.29) is 0 Å². The summed E-state index contributed by atoms with van der Waals surface area (Å²) in [5.41, 5.74) is 0. The van der Waals surface area contributed by atoms with Gasteiger partial charge in [-0.1, -0.05) is 0 Å². The van der Waals surface area contributed by atoms with E-state index < -0.39 is 5.91 Å². The van der Waals surface area contributed by atoms with Crippen molar-refractivity contribution in [2.24, 2.45) is 0 Å². The number of methoxy groups -OCH3 is 2. The van der Waals surface area contributed by atoms with Crippen molar-refractivity contribution in [3.8, 4) is 0 Å². The maximum Gasteiger partial charge on any atom is 0.226 e. The summed E-state index contributed by atoms with van der Waals surface area (Å²) < 4.78 is 10.7. The quantitative estimate of drug-likeness (QED) is 0.591. The van der Waals surface area contributed by atoms with Crippen LogP contribution in [0.25, 0.3) is 0 Å². The molecule has 0 spiro atoms. The van der Waals surface area contributed by atoms with Crippen LogP contribution in [0.5, 0.6) is 0 Å². The van der Waals surface area contributed by atoms with E-state index in [9.17, 15) is 0 Å². The Labute approximate surface area is 80.4 Å². The molecule has 1 aliphatic heterocycles. The fourth-order valence-electron chi connectivity index (χ4n) is 1.55. The van der Waals surface area contributed by atoms with Gasteiger partial charge in [-0.15, -0.1) is 0 Å². The molecule has 0 aromatic heterocycles. The molecule has 0 aromatic carbocycles. The average Bonchev–Trinajstić information content (AvgIpc) is 2.18. The van der Waals surface area contributed by atoms with Crippen molar-refractivity contribution in [2.45, 2.75) is 12.8 Å². The summed E-state index contributed by atoms with van der Waals surface area (Å²) >= 11 is 0. The van der Waals surface area contributed by atoms with E-state index in [2.05, 4.69) is 16.8 Å².